The van der Waals surface area contributed by atoms with Gasteiger partial charge in [0.25, 0.3) is 0 Å². The van der Waals surface area contributed by atoms with E-state index < -0.39 is 12.1 Å². The molecule has 146 valence electrons. The van der Waals surface area contributed by atoms with Crippen LogP contribution in [-0.2, 0) is 11.2 Å². The van der Waals surface area contributed by atoms with E-state index in [1.54, 1.807) is 12.1 Å². The molecular formula is C22H23FN2O3. The molecule has 1 aromatic heterocycles. The fourth-order valence-corrected chi connectivity index (χ4v) is 3.16. The molecule has 0 saturated heterocycles. The minimum absolute atomic E-state index is 0.100. The van der Waals surface area contributed by atoms with Crippen molar-refractivity contribution in [1.29, 1.82) is 0 Å². The van der Waals surface area contributed by atoms with Gasteiger partial charge in [-0.05, 0) is 55.5 Å². The maximum atomic E-state index is 13.7. The SMILES string of the molecule is CCC(O)c1ccc2nc(-c3cccc(F)c3)c(CCCCC(=O)O)nc2c1. The molecule has 0 aliphatic heterocycles. The molecule has 5 nitrogen and oxygen atoms in total. The van der Waals surface area contributed by atoms with E-state index in [4.69, 9.17) is 15.1 Å². The van der Waals surface area contributed by atoms with Gasteiger partial charge < -0.3 is 10.2 Å². The molecule has 1 unspecified atom stereocenters. The molecule has 0 aliphatic rings. The molecule has 6 heteroatoms. The number of aliphatic carboxylic acids is 1. The average Bonchev–Trinajstić information content (AvgIpc) is 2.69. The molecule has 2 N–H and O–H groups in total. The third kappa shape index (κ3) is 4.70. The third-order valence-corrected chi connectivity index (χ3v) is 4.68. The third-order valence-electron chi connectivity index (χ3n) is 4.68. The molecule has 2 aromatic carbocycles. The minimum Gasteiger partial charge on any atom is -0.481 e. The molecule has 1 heterocycles. The summed E-state index contributed by atoms with van der Waals surface area (Å²) in [5.41, 5.74) is 4.05. The van der Waals surface area contributed by atoms with E-state index in [9.17, 15) is 14.3 Å². The molecular weight excluding hydrogens is 359 g/mol. The Balaban J connectivity index is 2.02. The van der Waals surface area contributed by atoms with E-state index in [0.717, 1.165) is 5.56 Å². The molecule has 0 aliphatic carbocycles. The second-order valence-corrected chi connectivity index (χ2v) is 6.80. The summed E-state index contributed by atoms with van der Waals surface area (Å²) in [7, 11) is 0. The number of hydrogen-bond donors (Lipinski definition) is 2. The second kappa shape index (κ2) is 8.89. The van der Waals surface area contributed by atoms with Crippen molar-refractivity contribution in [3.05, 3.63) is 59.5 Å². The van der Waals surface area contributed by atoms with Crippen LogP contribution in [0, 0.1) is 5.82 Å². The normalized spacial score (nSPS) is 12.2. The first-order chi connectivity index (χ1) is 13.5. The molecule has 28 heavy (non-hydrogen) atoms. The number of carboxylic acid groups (broad SMARTS) is 1. The zero-order chi connectivity index (χ0) is 20.1. The van der Waals surface area contributed by atoms with Gasteiger partial charge in [-0.25, -0.2) is 14.4 Å². The molecule has 3 rings (SSSR count). The van der Waals surface area contributed by atoms with Gasteiger partial charge in [0.1, 0.15) is 5.82 Å². The highest BCUT2D eigenvalue weighted by Gasteiger charge is 2.14. The number of unbranched alkanes of at least 4 members (excludes halogenated alkanes) is 1. The summed E-state index contributed by atoms with van der Waals surface area (Å²) in [4.78, 5) is 20.2. The van der Waals surface area contributed by atoms with Crippen LogP contribution in [0.25, 0.3) is 22.3 Å². The number of aryl methyl sites for hydroxylation is 1. The van der Waals surface area contributed by atoms with Gasteiger partial charge in [0, 0.05) is 12.0 Å². The van der Waals surface area contributed by atoms with Gasteiger partial charge in [0.2, 0.25) is 0 Å². The Hall–Kier alpha value is -2.86. The number of nitrogens with zero attached hydrogens (tertiary/aromatic N) is 2. The average molecular weight is 382 g/mol. The predicted molar refractivity (Wildman–Crippen MR) is 105 cm³/mol. The topological polar surface area (TPSA) is 83.3 Å². The van der Waals surface area contributed by atoms with Gasteiger partial charge in [-0.1, -0.05) is 25.1 Å². The highest BCUT2D eigenvalue weighted by molar-refractivity contribution is 5.79. The lowest BCUT2D eigenvalue weighted by Crippen LogP contribution is -2.02. The minimum atomic E-state index is -0.826. The van der Waals surface area contributed by atoms with Crippen LogP contribution in [0.4, 0.5) is 4.39 Å². The number of aliphatic hydroxyl groups is 1. The summed E-state index contributed by atoms with van der Waals surface area (Å²) >= 11 is 0. The Kier molecular flexibility index (Phi) is 6.31. The van der Waals surface area contributed by atoms with Crippen molar-refractivity contribution >= 4 is 17.0 Å². The molecule has 0 bridgehead atoms. The van der Waals surface area contributed by atoms with Crippen LogP contribution in [0.5, 0.6) is 0 Å². The number of carbonyl (C=O) groups is 1. The van der Waals surface area contributed by atoms with Crippen molar-refractivity contribution in [2.75, 3.05) is 0 Å². The first kappa shape index (κ1) is 19.9. The number of rotatable bonds is 8. The fraction of sp³-hybridized carbons (Fsp3) is 0.318. The summed E-state index contributed by atoms with van der Waals surface area (Å²) in [6, 6.07) is 11.7. The number of hydrogen-bond acceptors (Lipinski definition) is 4. The largest absolute Gasteiger partial charge is 0.481 e. The van der Waals surface area contributed by atoms with Gasteiger partial charge in [0.05, 0.1) is 28.5 Å². The molecule has 3 aromatic rings. The maximum Gasteiger partial charge on any atom is 0.303 e. The molecule has 0 radical (unpaired) electrons. The first-order valence-electron chi connectivity index (χ1n) is 9.44. The number of halogens is 1. The van der Waals surface area contributed by atoms with Crippen molar-refractivity contribution in [2.45, 2.75) is 45.1 Å². The maximum absolute atomic E-state index is 13.7. The van der Waals surface area contributed by atoms with Crippen molar-refractivity contribution < 1.29 is 19.4 Å². The van der Waals surface area contributed by atoms with E-state index in [1.807, 2.05) is 25.1 Å². The van der Waals surface area contributed by atoms with Crippen LogP contribution in [0.15, 0.2) is 42.5 Å². The van der Waals surface area contributed by atoms with Gasteiger partial charge in [0.15, 0.2) is 0 Å². The van der Waals surface area contributed by atoms with Crippen molar-refractivity contribution in [3.63, 3.8) is 0 Å². The van der Waals surface area contributed by atoms with Crippen LogP contribution in [-0.4, -0.2) is 26.2 Å². The predicted octanol–water partition coefficient (Wildman–Crippen LogP) is 4.68. The number of aliphatic hydroxyl groups excluding tert-OH is 1. The van der Waals surface area contributed by atoms with Crippen molar-refractivity contribution in [3.8, 4) is 11.3 Å². The number of carboxylic acids is 1. The van der Waals surface area contributed by atoms with Gasteiger partial charge in [-0.3, -0.25) is 4.79 Å². The Morgan fingerprint density at radius 2 is 1.93 bits per heavy atom. The van der Waals surface area contributed by atoms with E-state index in [0.29, 0.717) is 53.7 Å². The second-order valence-electron chi connectivity index (χ2n) is 6.80. The van der Waals surface area contributed by atoms with Crippen molar-refractivity contribution in [2.24, 2.45) is 0 Å². The zero-order valence-electron chi connectivity index (χ0n) is 15.7. The summed E-state index contributed by atoms with van der Waals surface area (Å²) < 4.78 is 13.7. The zero-order valence-corrected chi connectivity index (χ0v) is 15.7. The summed E-state index contributed by atoms with van der Waals surface area (Å²) in [6.07, 6.45) is 1.86. The van der Waals surface area contributed by atoms with E-state index in [-0.39, 0.29) is 12.2 Å². The Bertz CT molecular complexity index is 991. The van der Waals surface area contributed by atoms with E-state index >= 15 is 0 Å². The van der Waals surface area contributed by atoms with Gasteiger partial charge in [-0.2, -0.15) is 0 Å². The lowest BCUT2D eigenvalue weighted by Gasteiger charge is -2.13. The Morgan fingerprint density at radius 3 is 2.64 bits per heavy atom. The first-order valence-corrected chi connectivity index (χ1v) is 9.44. The standard InChI is InChI=1S/C22H23FN2O3/c1-2-20(26)14-10-11-17-19(13-14)24-18(8-3-4-9-21(27)28)22(25-17)15-6-5-7-16(23)12-15/h5-7,10-13,20,26H,2-4,8-9H2,1H3,(H,27,28). The van der Waals surface area contributed by atoms with Crippen LogP contribution in [0.2, 0.25) is 0 Å². The number of fused-ring (bicyclic) bond motifs is 1. The smallest absolute Gasteiger partial charge is 0.303 e. The van der Waals surface area contributed by atoms with E-state index in [2.05, 4.69) is 0 Å². The molecule has 0 spiro atoms. The van der Waals surface area contributed by atoms with Gasteiger partial charge in [-0.15, -0.1) is 0 Å². The molecule has 0 amide bonds. The van der Waals surface area contributed by atoms with Crippen molar-refractivity contribution in [1.82, 2.24) is 9.97 Å². The Labute approximate surface area is 162 Å². The molecule has 1 atom stereocenters. The quantitative estimate of drug-likeness (QED) is 0.553. The van der Waals surface area contributed by atoms with E-state index in [1.165, 1.54) is 12.1 Å². The monoisotopic (exact) mass is 382 g/mol. The van der Waals surface area contributed by atoms with Gasteiger partial charge >= 0.3 is 5.97 Å². The van der Waals surface area contributed by atoms with Crippen LogP contribution < -0.4 is 0 Å². The van der Waals surface area contributed by atoms with Crippen LogP contribution >= 0.6 is 0 Å². The number of benzene rings is 2. The highest BCUT2D eigenvalue weighted by atomic mass is 19.1. The lowest BCUT2D eigenvalue weighted by atomic mass is 10.0. The summed E-state index contributed by atoms with van der Waals surface area (Å²) in [5.74, 6) is -1.18. The fourth-order valence-electron chi connectivity index (χ4n) is 3.16. The van der Waals surface area contributed by atoms with Crippen LogP contribution in [0.3, 0.4) is 0 Å². The lowest BCUT2D eigenvalue weighted by molar-refractivity contribution is -0.137. The molecule has 0 saturated carbocycles. The van der Waals surface area contributed by atoms with Crippen LogP contribution in [0.1, 0.15) is 50.0 Å². The molecule has 0 fully saturated rings. The number of aromatic nitrogens is 2. The highest BCUT2D eigenvalue weighted by Crippen LogP contribution is 2.27. The summed E-state index contributed by atoms with van der Waals surface area (Å²) in [5, 5.41) is 18.9. The Morgan fingerprint density at radius 1 is 1.11 bits per heavy atom. The summed E-state index contributed by atoms with van der Waals surface area (Å²) in [6.45, 7) is 1.90.